The lowest BCUT2D eigenvalue weighted by Gasteiger charge is -2.13. The van der Waals surface area contributed by atoms with E-state index in [1.54, 1.807) is 0 Å². The molecule has 0 unspecified atom stereocenters. The van der Waals surface area contributed by atoms with Gasteiger partial charge in [-0.15, -0.1) is 0 Å². The van der Waals surface area contributed by atoms with Crippen LogP contribution in [0.2, 0.25) is 0 Å². The lowest BCUT2D eigenvalue weighted by atomic mass is 10.2. The SMILES string of the molecule is NCc1ccnc(CN2CCCC2)c1. The Morgan fingerprint density at radius 3 is 2.86 bits per heavy atom. The van der Waals surface area contributed by atoms with Crippen LogP contribution in [0.5, 0.6) is 0 Å². The molecule has 1 aromatic heterocycles. The number of nitrogens with zero attached hydrogens (tertiary/aromatic N) is 2. The summed E-state index contributed by atoms with van der Waals surface area (Å²) in [4.78, 5) is 6.80. The molecule has 2 rings (SSSR count). The minimum Gasteiger partial charge on any atom is -0.326 e. The molecular formula is C11H17N3. The molecule has 0 spiro atoms. The van der Waals surface area contributed by atoms with Gasteiger partial charge in [0, 0.05) is 19.3 Å². The van der Waals surface area contributed by atoms with E-state index in [4.69, 9.17) is 5.73 Å². The van der Waals surface area contributed by atoms with Gasteiger partial charge in [0.15, 0.2) is 0 Å². The summed E-state index contributed by atoms with van der Waals surface area (Å²) >= 11 is 0. The lowest BCUT2D eigenvalue weighted by Crippen LogP contribution is -2.19. The topological polar surface area (TPSA) is 42.1 Å². The molecule has 0 saturated carbocycles. The monoisotopic (exact) mass is 191 g/mol. The van der Waals surface area contributed by atoms with Crippen molar-refractivity contribution in [2.75, 3.05) is 13.1 Å². The quantitative estimate of drug-likeness (QED) is 0.779. The van der Waals surface area contributed by atoms with Gasteiger partial charge in [-0.3, -0.25) is 9.88 Å². The number of nitrogens with two attached hydrogens (primary N) is 1. The van der Waals surface area contributed by atoms with Gasteiger partial charge in [0.1, 0.15) is 0 Å². The Kier molecular flexibility index (Phi) is 3.11. The first-order valence-electron chi connectivity index (χ1n) is 5.25. The highest BCUT2D eigenvalue weighted by Gasteiger charge is 2.12. The van der Waals surface area contributed by atoms with Crippen LogP contribution >= 0.6 is 0 Å². The second-order valence-electron chi connectivity index (χ2n) is 3.84. The van der Waals surface area contributed by atoms with Crippen LogP contribution in [0.15, 0.2) is 18.3 Å². The first kappa shape index (κ1) is 9.62. The standard InChI is InChI=1S/C11H17N3/c12-8-10-3-4-13-11(7-10)9-14-5-1-2-6-14/h3-4,7H,1-2,5-6,8-9,12H2. The molecule has 0 aliphatic carbocycles. The Morgan fingerprint density at radius 2 is 2.14 bits per heavy atom. The first-order valence-corrected chi connectivity index (χ1v) is 5.25. The van der Waals surface area contributed by atoms with Crippen LogP contribution in [-0.4, -0.2) is 23.0 Å². The highest BCUT2D eigenvalue weighted by Crippen LogP contribution is 2.11. The lowest BCUT2D eigenvalue weighted by molar-refractivity contribution is 0.327. The van der Waals surface area contributed by atoms with E-state index >= 15 is 0 Å². The Bertz CT molecular complexity index is 292. The zero-order valence-corrected chi connectivity index (χ0v) is 8.45. The van der Waals surface area contributed by atoms with E-state index in [1.165, 1.54) is 31.5 Å². The zero-order valence-electron chi connectivity index (χ0n) is 8.45. The summed E-state index contributed by atoms with van der Waals surface area (Å²) in [5.41, 5.74) is 7.91. The third-order valence-electron chi connectivity index (χ3n) is 2.70. The van der Waals surface area contributed by atoms with Gasteiger partial charge in [-0.25, -0.2) is 0 Å². The fourth-order valence-corrected chi connectivity index (χ4v) is 1.91. The minimum atomic E-state index is 0.607. The zero-order chi connectivity index (χ0) is 9.80. The van der Waals surface area contributed by atoms with Crippen LogP contribution in [0.25, 0.3) is 0 Å². The van der Waals surface area contributed by atoms with Crippen molar-refractivity contribution in [1.29, 1.82) is 0 Å². The predicted octanol–water partition coefficient (Wildman–Crippen LogP) is 1.14. The predicted molar refractivity (Wildman–Crippen MR) is 56.6 cm³/mol. The normalized spacial score (nSPS) is 17.5. The van der Waals surface area contributed by atoms with E-state index in [2.05, 4.69) is 16.0 Å². The first-order chi connectivity index (χ1) is 6.88. The maximum Gasteiger partial charge on any atom is 0.0547 e. The van der Waals surface area contributed by atoms with Crippen LogP contribution in [0.1, 0.15) is 24.1 Å². The Balaban J connectivity index is 2.00. The van der Waals surface area contributed by atoms with Crippen molar-refractivity contribution in [3.8, 4) is 0 Å². The summed E-state index contributed by atoms with van der Waals surface area (Å²) in [6, 6.07) is 4.09. The molecule has 76 valence electrons. The largest absolute Gasteiger partial charge is 0.326 e. The second kappa shape index (κ2) is 4.53. The van der Waals surface area contributed by atoms with Gasteiger partial charge in [0.2, 0.25) is 0 Å². The molecule has 0 bridgehead atoms. The van der Waals surface area contributed by atoms with Gasteiger partial charge in [-0.05, 0) is 43.6 Å². The molecular weight excluding hydrogens is 174 g/mol. The number of hydrogen-bond acceptors (Lipinski definition) is 3. The Hall–Kier alpha value is -0.930. The molecule has 0 amide bonds. The van der Waals surface area contributed by atoms with Crippen molar-refractivity contribution in [3.63, 3.8) is 0 Å². The smallest absolute Gasteiger partial charge is 0.0547 e. The number of likely N-dealkylation sites (tertiary alicyclic amines) is 1. The van der Waals surface area contributed by atoms with Crippen molar-refractivity contribution in [1.82, 2.24) is 9.88 Å². The molecule has 2 N–H and O–H groups in total. The molecule has 3 nitrogen and oxygen atoms in total. The van der Waals surface area contributed by atoms with E-state index in [-0.39, 0.29) is 0 Å². The third-order valence-corrected chi connectivity index (χ3v) is 2.70. The van der Waals surface area contributed by atoms with E-state index in [9.17, 15) is 0 Å². The highest BCUT2D eigenvalue weighted by atomic mass is 15.1. The average Bonchev–Trinajstić information content (AvgIpc) is 2.71. The molecule has 14 heavy (non-hydrogen) atoms. The van der Waals surface area contributed by atoms with Gasteiger partial charge in [0.25, 0.3) is 0 Å². The van der Waals surface area contributed by atoms with E-state index in [1.807, 2.05) is 12.3 Å². The maximum atomic E-state index is 5.59. The second-order valence-corrected chi connectivity index (χ2v) is 3.84. The van der Waals surface area contributed by atoms with Crippen molar-refractivity contribution >= 4 is 0 Å². The molecule has 1 saturated heterocycles. The van der Waals surface area contributed by atoms with Crippen LogP contribution in [0.4, 0.5) is 0 Å². The molecule has 0 aromatic carbocycles. The minimum absolute atomic E-state index is 0.607. The highest BCUT2D eigenvalue weighted by molar-refractivity contribution is 5.16. The number of aromatic nitrogens is 1. The summed E-state index contributed by atoms with van der Waals surface area (Å²) in [6.45, 7) is 4.02. The number of pyridine rings is 1. The fraction of sp³-hybridized carbons (Fsp3) is 0.545. The summed E-state index contributed by atoms with van der Waals surface area (Å²) in [5, 5.41) is 0. The molecule has 1 fully saturated rings. The van der Waals surface area contributed by atoms with Crippen LogP contribution in [-0.2, 0) is 13.1 Å². The molecule has 0 atom stereocenters. The number of rotatable bonds is 3. The fourth-order valence-electron chi connectivity index (χ4n) is 1.91. The van der Waals surface area contributed by atoms with Crippen molar-refractivity contribution < 1.29 is 0 Å². The molecule has 0 radical (unpaired) electrons. The van der Waals surface area contributed by atoms with Gasteiger partial charge in [0.05, 0.1) is 5.69 Å². The van der Waals surface area contributed by atoms with Crippen molar-refractivity contribution in [2.24, 2.45) is 5.73 Å². The third kappa shape index (κ3) is 2.30. The summed E-state index contributed by atoms with van der Waals surface area (Å²) in [6.07, 6.45) is 4.51. The van der Waals surface area contributed by atoms with Crippen molar-refractivity contribution in [3.05, 3.63) is 29.6 Å². The molecule has 1 aliphatic rings. The van der Waals surface area contributed by atoms with E-state index < -0.39 is 0 Å². The Morgan fingerprint density at radius 1 is 1.36 bits per heavy atom. The van der Waals surface area contributed by atoms with Gasteiger partial charge < -0.3 is 5.73 Å². The Labute approximate surface area is 84.9 Å². The van der Waals surface area contributed by atoms with Crippen LogP contribution < -0.4 is 5.73 Å². The van der Waals surface area contributed by atoms with Crippen LogP contribution in [0, 0.1) is 0 Å². The molecule has 2 heterocycles. The van der Waals surface area contributed by atoms with E-state index in [0.29, 0.717) is 6.54 Å². The maximum absolute atomic E-state index is 5.59. The summed E-state index contributed by atoms with van der Waals surface area (Å²) in [5.74, 6) is 0. The average molecular weight is 191 g/mol. The van der Waals surface area contributed by atoms with Crippen molar-refractivity contribution in [2.45, 2.75) is 25.9 Å². The van der Waals surface area contributed by atoms with Gasteiger partial charge in [-0.2, -0.15) is 0 Å². The van der Waals surface area contributed by atoms with E-state index in [0.717, 1.165) is 12.2 Å². The summed E-state index contributed by atoms with van der Waals surface area (Å²) in [7, 11) is 0. The van der Waals surface area contributed by atoms with Gasteiger partial charge >= 0.3 is 0 Å². The summed E-state index contributed by atoms with van der Waals surface area (Å²) < 4.78 is 0. The molecule has 1 aliphatic heterocycles. The van der Waals surface area contributed by atoms with Crippen LogP contribution in [0.3, 0.4) is 0 Å². The molecule has 3 heteroatoms. The molecule has 1 aromatic rings. The van der Waals surface area contributed by atoms with Gasteiger partial charge in [-0.1, -0.05) is 0 Å². The number of hydrogen-bond donors (Lipinski definition) is 1.